The molecule has 1 aromatic heterocycles. The standard InChI is InChI=1S/C14H16N4O2/c1-8-6-10(13(19)20-3)7-9(2)12(8)17-11-4-5-16-14(15)18-11/h4-7H,1-3H3,(H3,15,16,17,18). The topological polar surface area (TPSA) is 90.1 Å². The van der Waals surface area contributed by atoms with Crippen LogP contribution in [-0.2, 0) is 4.74 Å². The van der Waals surface area contributed by atoms with Crippen molar-refractivity contribution in [3.8, 4) is 0 Å². The highest BCUT2D eigenvalue weighted by Gasteiger charge is 2.11. The number of methoxy groups -OCH3 is 1. The number of aromatic nitrogens is 2. The van der Waals surface area contributed by atoms with Crippen LogP contribution in [0.5, 0.6) is 0 Å². The number of anilines is 3. The smallest absolute Gasteiger partial charge is 0.337 e. The highest BCUT2D eigenvalue weighted by Crippen LogP contribution is 2.25. The van der Waals surface area contributed by atoms with Crippen molar-refractivity contribution in [3.05, 3.63) is 41.1 Å². The normalized spacial score (nSPS) is 10.2. The van der Waals surface area contributed by atoms with Crippen molar-refractivity contribution in [2.45, 2.75) is 13.8 Å². The number of hydrogen-bond acceptors (Lipinski definition) is 6. The Morgan fingerprint density at radius 3 is 2.50 bits per heavy atom. The van der Waals surface area contributed by atoms with Gasteiger partial charge in [0.15, 0.2) is 0 Å². The van der Waals surface area contributed by atoms with E-state index < -0.39 is 0 Å². The summed E-state index contributed by atoms with van der Waals surface area (Å²) in [6.45, 7) is 3.82. The number of nitrogens with one attached hydrogen (secondary N) is 1. The number of ether oxygens (including phenoxy) is 1. The van der Waals surface area contributed by atoms with Gasteiger partial charge in [-0.05, 0) is 43.2 Å². The summed E-state index contributed by atoms with van der Waals surface area (Å²) in [5.41, 5.74) is 8.79. The SMILES string of the molecule is COC(=O)c1cc(C)c(Nc2ccnc(N)n2)c(C)c1. The zero-order chi connectivity index (χ0) is 14.7. The van der Waals surface area contributed by atoms with Crippen LogP contribution < -0.4 is 11.1 Å². The number of benzene rings is 1. The molecule has 104 valence electrons. The number of nitrogens with zero attached hydrogens (tertiary/aromatic N) is 2. The van der Waals surface area contributed by atoms with Crippen LogP contribution in [0.15, 0.2) is 24.4 Å². The molecule has 2 aromatic rings. The molecule has 0 aliphatic rings. The molecule has 20 heavy (non-hydrogen) atoms. The fraction of sp³-hybridized carbons (Fsp3) is 0.214. The average molecular weight is 272 g/mol. The van der Waals surface area contributed by atoms with Gasteiger partial charge in [0.05, 0.1) is 12.7 Å². The molecule has 0 fully saturated rings. The van der Waals surface area contributed by atoms with Gasteiger partial charge in [0.1, 0.15) is 5.82 Å². The summed E-state index contributed by atoms with van der Waals surface area (Å²) in [5.74, 6) is 0.458. The maximum Gasteiger partial charge on any atom is 0.337 e. The zero-order valence-corrected chi connectivity index (χ0v) is 11.6. The lowest BCUT2D eigenvalue weighted by Crippen LogP contribution is -2.05. The second-order valence-electron chi connectivity index (χ2n) is 4.40. The van der Waals surface area contributed by atoms with Crippen LogP contribution in [0.25, 0.3) is 0 Å². The number of aryl methyl sites for hydroxylation is 2. The van der Waals surface area contributed by atoms with Crippen molar-refractivity contribution < 1.29 is 9.53 Å². The molecule has 0 spiro atoms. The van der Waals surface area contributed by atoms with E-state index in [4.69, 9.17) is 10.5 Å². The maximum atomic E-state index is 11.6. The third-order valence-corrected chi connectivity index (χ3v) is 2.88. The third-order valence-electron chi connectivity index (χ3n) is 2.88. The maximum absolute atomic E-state index is 11.6. The van der Waals surface area contributed by atoms with E-state index in [1.54, 1.807) is 24.4 Å². The van der Waals surface area contributed by atoms with Gasteiger partial charge in [-0.1, -0.05) is 0 Å². The molecule has 1 aromatic carbocycles. The first-order chi connectivity index (χ1) is 9.51. The van der Waals surface area contributed by atoms with Crippen LogP contribution in [0.2, 0.25) is 0 Å². The van der Waals surface area contributed by atoms with E-state index >= 15 is 0 Å². The Labute approximate surface area is 117 Å². The predicted octanol–water partition coefficient (Wildman–Crippen LogP) is 2.21. The fourth-order valence-electron chi connectivity index (χ4n) is 1.97. The number of hydrogen-bond donors (Lipinski definition) is 2. The van der Waals surface area contributed by atoms with Crippen molar-refractivity contribution in [3.63, 3.8) is 0 Å². The molecule has 0 unspecified atom stereocenters. The van der Waals surface area contributed by atoms with E-state index in [1.165, 1.54) is 7.11 Å². The van der Waals surface area contributed by atoms with E-state index in [2.05, 4.69) is 15.3 Å². The van der Waals surface area contributed by atoms with Crippen LogP contribution >= 0.6 is 0 Å². The van der Waals surface area contributed by atoms with Crippen molar-refractivity contribution in [2.24, 2.45) is 0 Å². The fourth-order valence-corrected chi connectivity index (χ4v) is 1.97. The molecular weight excluding hydrogens is 256 g/mol. The van der Waals surface area contributed by atoms with E-state index in [-0.39, 0.29) is 11.9 Å². The Morgan fingerprint density at radius 2 is 1.95 bits per heavy atom. The highest BCUT2D eigenvalue weighted by atomic mass is 16.5. The van der Waals surface area contributed by atoms with Gasteiger partial charge in [-0.15, -0.1) is 0 Å². The molecule has 0 aliphatic carbocycles. The van der Waals surface area contributed by atoms with Crippen LogP contribution in [-0.4, -0.2) is 23.0 Å². The minimum Gasteiger partial charge on any atom is -0.465 e. The molecule has 0 saturated heterocycles. The van der Waals surface area contributed by atoms with E-state index in [1.807, 2.05) is 13.8 Å². The molecule has 0 aliphatic heterocycles. The number of carbonyl (C=O) groups excluding carboxylic acids is 1. The van der Waals surface area contributed by atoms with Gasteiger partial charge in [-0.3, -0.25) is 0 Å². The molecule has 0 amide bonds. The van der Waals surface area contributed by atoms with Crippen LogP contribution in [0.3, 0.4) is 0 Å². The van der Waals surface area contributed by atoms with Gasteiger partial charge in [0.25, 0.3) is 0 Å². The van der Waals surface area contributed by atoms with E-state index in [0.717, 1.165) is 16.8 Å². The van der Waals surface area contributed by atoms with Crippen LogP contribution in [0.1, 0.15) is 21.5 Å². The van der Waals surface area contributed by atoms with E-state index in [9.17, 15) is 4.79 Å². The second kappa shape index (κ2) is 5.56. The molecule has 3 N–H and O–H groups in total. The Kier molecular flexibility index (Phi) is 3.84. The quantitative estimate of drug-likeness (QED) is 0.832. The lowest BCUT2D eigenvalue weighted by molar-refractivity contribution is 0.0600. The first-order valence-electron chi connectivity index (χ1n) is 6.06. The molecule has 0 atom stereocenters. The highest BCUT2D eigenvalue weighted by molar-refractivity contribution is 5.91. The summed E-state index contributed by atoms with van der Waals surface area (Å²) in [7, 11) is 1.36. The minimum absolute atomic E-state index is 0.205. The Balaban J connectivity index is 2.36. The van der Waals surface area contributed by atoms with Gasteiger partial charge in [-0.25, -0.2) is 9.78 Å². The average Bonchev–Trinajstić information content (AvgIpc) is 2.42. The second-order valence-corrected chi connectivity index (χ2v) is 4.40. The van der Waals surface area contributed by atoms with Crippen molar-refractivity contribution in [1.29, 1.82) is 0 Å². The molecule has 0 bridgehead atoms. The lowest BCUT2D eigenvalue weighted by Gasteiger charge is -2.13. The molecule has 0 saturated carbocycles. The molecule has 0 radical (unpaired) electrons. The van der Waals surface area contributed by atoms with Crippen LogP contribution in [0.4, 0.5) is 17.5 Å². The monoisotopic (exact) mass is 272 g/mol. The first-order valence-corrected chi connectivity index (χ1v) is 6.06. The Hall–Kier alpha value is -2.63. The molecule has 6 heteroatoms. The number of rotatable bonds is 3. The van der Waals surface area contributed by atoms with Crippen molar-refractivity contribution in [1.82, 2.24) is 9.97 Å². The summed E-state index contributed by atoms with van der Waals surface area (Å²) < 4.78 is 4.72. The molecule has 6 nitrogen and oxygen atoms in total. The Morgan fingerprint density at radius 1 is 1.30 bits per heavy atom. The zero-order valence-electron chi connectivity index (χ0n) is 11.6. The number of nitrogen functional groups attached to an aromatic ring is 1. The van der Waals surface area contributed by atoms with Crippen molar-refractivity contribution >= 4 is 23.4 Å². The van der Waals surface area contributed by atoms with Gasteiger partial charge in [-0.2, -0.15) is 4.98 Å². The minimum atomic E-state index is -0.353. The summed E-state index contributed by atoms with van der Waals surface area (Å²) in [6.07, 6.45) is 1.58. The van der Waals surface area contributed by atoms with Gasteiger partial charge in [0, 0.05) is 11.9 Å². The lowest BCUT2D eigenvalue weighted by atomic mass is 10.0. The number of nitrogens with two attached hydrogens (primary N) is 1. The number of carbonyl (C=O) groups is 1. The molecule has 2 rings (SSSR count). The van der Waals surface area contributed by atoms with E-state index in [0.29, 0.717) is 11.4 Å². The largest absolute Gasteiger partial charge is 0.465 e. The van der Waals surface area contributed by atoms with Gasteiger partial charge < -0.3 is 15.8 Å². The van der Waals surface area contributed by atoms with Gasteiger partial charge >= 0.3 is 5.97 Å². The molecule has 1 heterocycles. The molecular formula is C14H16N4O2. The third kappa shape index (κ3) is 2.85. The summed E-state index contributed by atoms with van der Waals surface area (Å²) >= 11 is 0. The number of esters is 1. The van der Waals surface area contributed by atoms with Crippen LogP contribution in [0, 0.1) is 13.8 Å². The predicted molar refractivity (Wildman–Crippen MR) is 77.0 cm³/mol. The Bertz CT molecular complexity index is 632. The summed E-state index contributed by atoms with van der Waals surface area (Å²) in [6, 6.07) is 5.26. The summed E-state index contributed by atoms with van der Waals surface area (Å²) in [5, 5.41) is 3.18. The summed E-state index contributed by atoms with van der Waals surface area (Å²) in [4.78, 5) is 19.5. The van der Waals surface area contributed by atoms with Crippen molar-refractivity contribution in [2.75, 3.05) is 18.2 Å². The first kappa shape index (κ1) is 13.8. The van der Waals surface area contributed by atoms with Gasteiger partial charge in [0.2, 0.25) is 5.95 Å².